The summed E-state index contributed by atoms with van der Waals surface area (Å²) in [5.41, 5.74) is 0.865. The molecule has 0 radical (unpaired) electrons. The zero-order valence-electron chi connectivity index (χ0n) is 14.2. The number of methoxy groups -OCH3 is 3. The fourth-order valence-electron chi connectivity index (χ4n) is 3.00. The molecule has 1 amide bonds. The van der Waals surface area contributed by atoms with Crippen LogP contribution in [0.5, 0.6) is 17.2 Å². The first-order chi connectivity index (χ1) is 11.5. The molecule has 7 nitrogen and oxygen atoms in total. The smallest absolute Gasteiger partial charge is 0.326 e. The van der Waals surface area contributed by atoms with E-state index in [9.17, 15) is 14.7 Å². The number of aryl methyl sites for hydroxylation is 1. The normalized spacial score (nSPS) is 16.8. The molecule has 1 saturated heterocycles. The minimum Gasteiger partial charge on any atom is -0.493 e. The summed E-state index contributed by atoms with van der Waals surface area (Å²) in [5.74, 6) is 0.482. The largest absolute Gasteiger partial charge is 0.493 e. The number of carboxylic acids is 1. The third kappa shape index (κ3) is 3.72. The van der Waals surface area contributed by atoms with Gasteiger partial charge in [-0.25, -0.2) is 4.79 Å². The van der Waals surface area contributed by atoms with Gasteiger partial charge in [0.2, 0.25) is 11.7 Å². The molecule has 1 atom stereocenters. The second-order valence-electron chi connectivity index (χ2n) is 5.62. The second kappa shape index (κ2) is 7.90. The Labute approximate surface area is 141 Å². The number of nitrogens with zero attached hydrogens (tertiary/aromatic N) is 1. The first kappa shape index (κ1) is 17.9. The van der Waals surface area contributed by atoms with Crippen molar-refractivity contribution < 1.29 is 28.9 Å². The molecule has 24 heavy (non-hydrogen) atoms. The molecule has 0 spiro atoms. The fraction of sp³-hybridized carbons (Fsp3) is 0.529. The summed E-state index contributed by atoms with van der Waals surface area (Å²) in [6.45, 7) is 0.505. The maximum atomic E-state index is 12.3. The highest BCUT2D eigenvalue weighted by atomic mass is 16.5. The van der Waals surface area contributed by atoms with Gasteiger partial charge in [-0.3, -0.25) is 4.79 Å². The highest BCUT2D eigenvalue weighted by molar-refractivity contribution is 5.84. The standard InChI is InChI=1S/C17H23NO6/c1-22-13-9-11(10-14(23-2)16(13)24-3)6-7-15(19)18-8-4-5-12(18)17(20)21/h9-10,12H,4-8H2,1-3H3,(H,20,21)/t12-/m0/s1. The predicted octanol–water partition coefficient (Wildman–Crippen LogP) is 1.72. The summed E-state index contributed by atoms with van der Waals surface area (Å²) >= 11 is 0. The minimum absolute atomic E-state index is 0.145. The molecule has 0 unspecified atom stereocenters. The van der Waals surface area contributed by atoms with Gasteiger partial charge in [-0.15, -0.1) is 0 Å². The molecule has 1 fully saturated rings. The van der Waals surface area contributed by atoms with E-state index in [2.05, 4.69) is 0 Å². The van der Waals surface area contributed by atoms with E-state index in [1.165, 1.54) is 26.2 Å². The summed E-state index contributed by atoms with van der Waals surface area (Å²) in [6, 6.07) is 2.90. The molecule has 1 heterocycles. The zero-order valence-corrected chi connectivity index (χ0v) is 14.2. The Morgan fingerprint density at radius 3 is 2.29 bits per heavy atom. The van der Waals surface area contributed by atoms with Crippen molar-refractivity contribution in [2.24, 2.45) is 0 Å². The third-order valence-electron chi connectivity index (χ3n) is 4.21. The van der Waals surface area contributed by atoms with Gasteiger partial charge in [-0.05, 0) is 37.0 Å². The molecule has 1 N–H and O–H groups in total. The van der Waals surface area contributed by atoms with Gasteiger partial charge in [-0.1, -0.05) is 0 Å². The lowest BCUT2D eigenvalue weighted by Crippen LogP contribution is -2.40. The molecular weight excluding hydrogens is 314 g/mol. The number of hydrogen-bond acceptors (Lipinski definition) is 5. The first-order valence-corrected chi connectivity index (χ1v) is 7.83. The van der Waals surface area contributed by atoms with E-state index in [0.717, 1.165) is 12.0 Å². The van der Waals surface area contributed by atoms with Crippen molar-refractivity contribution in [2.75, 3.05) is 27.9 Å². The molecule has 0 bridgehead atoms. The zero-order chi connectivity index (χ0) is 17.7. The van der Waals surface area contributed by atoms with E-state index in [0.29, 0.717) is 36.6 Å². The number of ether oxygens (including phenoxy) is 3. The minimum atomic E-state index is -0.936. The quantitative estimate of drug-likeness (QED) is 0.815. The van der Waals surface area contributed by atoms with Gasteiger partial charge >= 0.3 is 5.97 Å². The van der Waals surface area contributed by atoms with Crippen molar-refractivity contribution in [2.45, 2.75) is 31.7 Å². The number of carbonyl (C=O) groups excluding carboxylic acids is 1. The van der Waals surface area contributed by atoms with E-state index in [-0.39, 0.29) is 12.3 Å². The van der Waals surface area contributed by atoms with Gasteiger partial charge in [0.1, 0.15) is 6.04 Å². The summed E-state index contributed by atoms with van der Waals surface area (Å²) in [7, 11) is 4.60. The van der Waals surface area contributed by atoms with Crippen LogP contribution in [0.1, 0.15) is 24.8 Å². The number of rotatable bonds is 7. The molecule has 1 aromatic carbocycles. The third-order valence-corrected chi connectivity index (χ3v) is 4.21. The second-order valence-corrected chi connectivity index (χ2v) is 5.62. The van der Waals surface area contributed by atoms with Crippen molar-refractivity contribution in [3.05, 3.63) is 17.7 Å². The van der Waals surface area contributed by atoms with Crippen LogP contribution in [0.3, 0.4) is 0 Å². The maximum Gasteiger partial charge on any atom is 0.326 e. The number of amides is 1. The number of benzene rings is 1. The van der Waals surface area contributed by atoms with Crippen molar-refractivity contribution in [3.63, 3.8) is 0 Å². The van der Waals surface area contributed by atoms with Crippen LogP contribution in [-0.2, 0) is 16.0 Å². The Balaban J connectivity index is 2.08. The van der Waals surface area contributed by atoms with Crippen LogP contribution in [0.2, 0.25) is 0 Å². The molecule has 0 saturated carbocycles. The average Bonchev–Trinajstić information content (AvgIpc) is 3.08. The Morgan fingerprint density at radius 2 is 1.79 bits per heavy atom. The molecule has 0 aliphatic carbocycles. The van der Waals surface area contributed by atoms with Gasteiger partial charge in [0.25, 0.3) is 0 Å². The molecule has 0 aromatic heterocycles. The molecular formula is C17H23NO6. The Hall–Kier alpha value is -2.44. The summed E-state index contributed by atoms with van der Waals surface area (Å²) in [6.07, 6.45) is 1.96. The lowest BCUT2D eigenvalue weighted by molar-refractivity contribution is -0.148. The molecule has 132 valence electrons. The van der Waals surface area contributed by atoms with E-state index < -0.39 is 12.0 Å². The summed E-state index contributed by atoms with van der Waals surface area (Å²) in [5, 5.41) is 9.17. The Kier molecular flexibility index (Phi) is 5.89. The predicted molar refractivity (Wildman–Crippen MR) is 86.8 cm³/mol. The van der Waals surface area contributed by atoms with E-state index in [4.69, 9.17) is 14.2 Å². The van der Waals surface area contributed by atoms with Gasteiger partial charge < -0.3 is 24.2 Å². The summed E-state index contributed by atoms with van der Waals surface area (Å²) < 4.78 is 15.9. The average molecular weight is 337 g/mol. The topological polar surface area (TPSA) is 85.3 Å². The van der Waals surface area contributed by atoms with Crippen molar-refractivity contribution in [1.29, 1.82) is 0 Å². The van der Waals surface area contributed by atoms with Crippen LogP contribution in [0.4, 0.5) is 0 Å². The molecule has 2 rings (SSSR count). The van der Waals surface area contributed by atoms with Crippen LogP contribution >= 0.6 is 0 Å². The first-order valence-electron chi connectivity index (χ1n) is 7.83. The van der Waals surface area contributed by atoms with Crippen LogP contribution in [0.15, 0.2) is 12.1 Å². The SMILES string of the molecule is COc1cc(CCC(=O)N2CCC[C@H]2C(=O)O)cc(OC)c1OC. The fourth-order valence-corrected chi connectivity index (χ4v) is 3.00. The molecule has 1 aliphatic heterocycles. The maximum absolute atomic E-state index is 12.3. The van der Waals surface area contributed by atoms with Crippen LogP contribution in [-0.4, -0.2) is 55.8 Å². The van der Waals surface area contributed by atoms with E-state index in [1.807, 2.05) is 0 Å². The molecule has 1 aromatic rings. The highest BCUT2D eigenvalue weighted by Gasteiger charge is 2.33. The number of carbonyl (C=O) groups is 2. The van der Waals surface area contributed by atoms with Crippen LogP contribution < -0.4 is 14.2 Å². The molecule has 1 aliphatic rings. The van der Waals surface area contributed by atoms with Crippen molar-refractivity contribution in [3.8, 4) is 17.2 Å². The Morgan fingerprint density at radius 1 is 1.17 bits per heavy atom. The van der Waals surface area contributed by atoms with Crippen LogP contribution in [0.25, 0.3) is 0 Å². The van der Waals surface area contributed by atoms with E-state index in [1.54, 1.807) is 12.1 Å². The van der Waals surface area contributed by atoms with Crippen LogP contribution in [0, 0.1) is 0 Å². The summed E-state index contributed by atoms with van der Waals surface area (Å²) in [4.78, 5) is 25.0. The monoisotopic (exact) mass is 337 g/mol. The van der Waals surface area contributed by atoms with Crippen molar-refractivity contribution >= 4 is 11.9 Å². The number of aliphatic carboxylic acids is 1. The van der Waals surface area contributed by atoms with Crippen molar-refractivity contribution in [1.82, 2.24) is 4.90 Å². The van der Waals surface area contributed by atoms with Gasteiger partial charge in [-0.2, -0.15) is 0 Å². The van der Waals surface area contributed by atoms with Gasteiger partial charge in [0, 0.05) is 13.0 Å². The lowest BCUT2D eigenvalue weighted by Gasteiger charge is -2.21. The van der Waals surface area contributed by atoms with Gasteiger partial charge in [0.05, 0.1) is 21.3 Å². The number of carboxylic acid groups (broad SMARTS) is 1. The number of likely N-dealkylation sites (tertiary alicyclic amines) is 1. The highest BCUT2D eigenvalue weighted by Crippen LogP contribution is 2.38. The number of hydrogen-bond donors (Lipinski definition) is 1. The van der Waals surface area contributed by atoms with E-state index >= 15 is 0 Å². The lowest BCUT2D eigenvalue weighted by atomic mass is 10.1. The van der Waals surface area contributed by atoms with Gasteiger partial charge in [0.15, 0.2) is 11.5 Å². The molecule has 7 heteroatoms. The Bertz CT molecular complexity index is 590.